The van der Waals surface area contributed by atoms with E-state index >= 15 is 0 Å². The first-order chi connectivity index (χ1) is 12.9. The summed E-state index contributed by atoms with van der Waals surface area (Å²) in [7, 11) is -3.57. The largest absolute Gasteiger partial charge is 0.379 e. The summed E-state index contributed by atoms with van der Waals surface area (Å²) in [6.45, 7) is 1.49. The van der Waals surface area contributed by atoms with E-state index in [4.69, 9.17) is 4.74 Å². The van der Waals surface area contributed by atoms with Crippen molar-refractivity contribution in [2.45, 2.75) is 11.4 Å². The molecule has 1 fully saturated rings. The molecule has 2 aromatic rings. The van der Waals surface area contributed by atoms with Crippen LogP contribution >= 0.6 is 0 Å². The van der Waals surface area contributed by atoms with Crippen LogP contribution < -0.4 is 5.32 Å². The molecule has 1 N–H and O–H groups in total. The Morgan fingerprint density at radius 1 is 1.04 bits per heavy atom. The number of carbonyl (C=O) groups is 1. The molecule has 144 valence electrons. The van der Waals surface area contributed by atoms with E-state index in [1.54, 1.807) is 12.1 Å². The second-order valence-electron chi connectivity index (χ2n) is 5.97. The van der Waals surface area contributed by atoms with Gasteiger partial charge in [0.05, 0.1) is 18.1 Å². The van der Waals surface area contributed by atoms with Gasteiger partial charge in [0.15, 0.2) is 11.6 Å². The topological polar surface area (TPSA) is 75.7 Å². The van der Waals surface area contributed by atoms with E-state index in [-0.39, 0.29) is 17.0 Å². The first-order valence-corrected chi connectivity index (χ1v) is 9.72. The van der Waals surface area contributed by atoms with Gasteiger partial charge in [-0.3, -0.25) is 4.79 Å². The molecule has 1 aliphatic rings. The van der Waals surface area contributed by atoms with Crippen molar-refractivity contribution in [1.82, 2.24) is 9.62 Å². The number of ether oxygens (including phenoxy) is 1. The van der Waals surface area contributed by atoms with Gasteiger partial charge in [-0.05, 0) is 35.9 Å². The fraction of sp³-hybridized carbons (Fsp3) is 0.278. The summed E-state index contributed by atoms with van der Waals surface area (Å²) in [6, 6.07) is 9.04. The van der Waals surface area contributed by atoms with Crippen molar-refractivity contribution in [3.8, 4) is 0 Å². The summed E-state index contributed by atoms with van der Waals surface area (Å²) in [5.41, 5.74) is 0.673. The normalized spacial score (nSPS) is 15.5. The van der Waals surface area contributed by atoms with Gasteiger partial charge >= 0.3 is 0 Å². The van der Waals surface area contributed by atoms with Crippen molar-refractivity contribution in [2.75, 3.05) is 26.3 Å². The predicted octanol–water partition coefficient (Wildman–Crippen LogP) is 1.92. The number of nitrogens with one attached hydrogen (secondary N) is 1. The van der Waals surface area contributed by atoms with Gasteiger partial charge in [-0.2, -0.15) is 4.31 Å². The lowest BCUT2D eigenvalue weighted by Gasteiger charge is -2.26. The number of benzene rings is 2. The van der Waals surface area contributed by atoms with E-state index in [2.05, 4.69) is 5.32 Å². The lowest BCUT2D eigenvalue weighted by atomic mass is 10.2. The first-order valence-electron chi connectivity index (χ1n) is 8.28. The van der Waals surface area contributed by atoms with Crippen LogP contribution in [-0.2, 0) is 21.3 Å². The Balaban J connectivity index is 1.63. The fourth-order valence-electron chi connectivity index (χ4n) is 2.64. The van der Waals surface area contributed by atoms with Crippen LogP contribution in [0.15, 0.2) is 47.4 Å². The molecule has 6 nitrogen and oxygen atoms in total. The van der Waals surface area contributed by atoms with Crippen LogP contribution in [0.3, 0.4) is 0 Å². The van der Waals surface area contributed by atoms with Crippen LogP contribution in [-0.4, -0.2) is 44.9 Å². The number of hydrogen-bond acceptors (Lipinski definition) is 4. The summed E-state index contributed by atoms with van der Waals surface area (Å²) in [5.74, 6) is -2.68. The number of halogens is 2. The molecule has 27 heavy (non-hydrogen) atoms. The zero-order valence-corrected chi connectivity index (χ0v) is 15.1. The summed E-state index contributed by atoms with van der Waals surface area (Å²) in [5, 5.41) is 2.58. The third-order valence-electron chi connectivity index (χ3n) is 4.17. The van der Waals surface area contributed by atoms with Gasteiger partial charge in [0.25, 0.3) is 5.91 Å². The molecule has 0 aromatic heterocycles. The lowest BCUT2D eigenvalue weighted by Crippen LogP contribution is -2.40. The molecule has 3 rings (SSSR count). The van der Waals surface area contributed by atoms with Crippen molar-refractivity contribution >= 4 is 15.9 Å². The van der Waals surface area contributed by atoms with Gasteiger partial charge in [-0.1, -0.05) is 12.1 Å². The average Bonchev–Trinajstić information content (AvgIpc) is 2.69. The van der Waals surface area contributed by atoms with Crippen LogP contribution in [0.25, 0.3) is 0 Å². The van der Waals surface area contributed by atoms with Crippen LogP contribution in [0.2, 0.25) is 0 Å². The molecule has 1 heterocycles. The van der Waals surface area contributed by atoms with Crippen LogP contribution in [0.1, 0.15) is 15.9 Å². The minimum atomic E-state index is -3.57. The minimum absolute atomic E-state index is 0.000385. The summed E-state index contributed by atoms with van der Waals surface area (Å²) < 4.78 is 57.7. The van der Waals surface area contributed by atoms with E-state index in [0.29, 0.717) is 31.9 Å². The fourth-order valence-corrected chi connectivity index (χ4v) is 4.05. The molecular weight excluding hydrogens is 378 g/mol. The second kappa shape index (κ2) is 8.12. The molecule has 0 spiro atoms. The highest BCUT2D eigenvalue weighted by atomic mass is 32.2. The summed E-state index contributed by atoms with van der Waals surface area (Å²) >= 11 is 0. The Hall–Kier alpha value is -2.36. The number of hydrogen-bond donors (Lipinski definition) is 1. The monoisotopic (exact) mass is 396 g/mol. The molecule has 0 bridgehead atoms. The van der Waals surface area contributed by atoms with Crippen LogP contribution in [0.5, 0.6) is 0 Å². The minimum Gasteiger partial charge on any atom is -0.379 e. The van der Waals surface area contributed by atoms with Gasteiger partial charge in [0.2, 0.25) is 10.0 Å². The van der Waals surface area contributed by atoms with E-state index in [1.165, 1.54) is 22.5 Å². The molecule has 1 aliphatic heterocycles. The van der Waals surface area contributed by atoms with E-state index in [1.807, 2.05) is 0 Å². The Labute approximate surface area is 155 Å². The Bertz CT molecular complexity index is 927. The molecule has 0 radical (unpaired) electrons. The van der Waals surface area contributed by atoms with Gasteiger partial charge in [0.1, 0.15) is 0 Å². The third-order valence-corrected chi connectivity index (χ3v) is 6.08. The standard InChI is InChI=1S/C18H18F2N2O4S/c19-16-6-3-14(11-17(16)20)18(23)21-12-13-1-4-15(5-2-13)27(24,25)22-7-9-26-10-8-22/h1-6,11H,7-10,12H2,(H,21,23). The highest BCUT2D eigenvalue weighted by molar-refractivity contribution is 7.89. The molecule has 0 unspecified atom stereocenters. The Morgan fingerprint density at radius 3 is 2.33 bits per heavy atom. The first kappa shape index (κ1) is 19.4. The Morgan fingerprint density at radius 2 is 1.70 bits per heavy atom. The second-order valence-corrected chi connectivity index (χ2v) is 7.91. The number of carbonyl (C=O) groups excluding carboxylic acids is 1. The summed E-state index contributed by atoms with van der Waals surface area (Å²) in [4.78, 5) is 12.2. The van der Waals surface area contributed by atoms with E-state index in [0.717, 1.165) is 12.1 Å². The maximum atomic E-state index is 13.2. The van der Waals surface area contributed by atoms with Crippen molar-refractivity contribution in [3.05, 3.63) is 65.2 Å². The number of amides is 1. The van der Waals surface area contributed by atoms with Gasteiger partial charge < -0.3 is 10.1 Å². The van der Waals surface area contributed by atoms with E-state index < -0.39 is 27.6 Å². The maximum Gasteiger partial charge on any atom is 0.251 e. The van der Waals surface area contributed by atoms with Gasteiger partial charge in [0, 0.05) is 25.2 Å². The van der Waals surface area contributed by atoms with Gasteiger partial charge in [-0.25, -0.2) is 17.2 Å². The smallest absolute Gasteiger partial charge is 0.251 e. The number of rotatable bonds is 5. The van der Waals surface area contributed by atoms with Crippen molar-refractivity contribution in [3.63, 3.8) is 0 Å². The zero-order chi connectivity index (χ0) is 19.4. The average molecular weight is 396 g/mol. The number of morpholine rings is 1. The highest BCUT2D eigenvalue weighted by Gasteiger charge is 2.26. The third kappa shape index (κ3) is 4.49. The molecule has 9 heteroatoms. The molecule has 0 aliphatic carbocycles. The predicted molar refractivity (Wildman–Crippen MR) is 93.5 cm³/mol. The number of nitrogens with zero attached hydrogens (tertiary/aromatic N) is 1. The molecular formula is C18H18F2N2O4S. The SMILES string of the molecule is O=C(NCc1ccc(S(=O)(=O)N2CCOCC2)cc1)c1ccc(F)c(F)c1. The summed E-state index contributed by atoms with van der Waals surface area (Å²) in [6.07, 6.45) is 0. The molecule has 2 aromatic carbocycles. The highest BCUT2D eigenvalue weighted by Crippen LogP contribution is 2.18. The van der Waals surface area contributed by atoms with Crippen molar-refractivity contribution in [1.29, 1.82) is 0 Å². The molecule has 1 saturated heterocycles. The van der Waals surface area contributed by atoms with Crippen molar-refractivity contribution < 1.29 is 26.7 Å². The van der Waals surface area contributed by atoms with Gasteiger partial charge in [-0.15, -0.1) is 0 Å². The maximum absolute atomic E-state index is 13.2. The molecule has 0 atom stereocenters. The zero-order valence-electron chi connectivity index (χ0n) is 14.3. The Kier molecular flexibility index (Phi) is 5.83. The quantitative estimate of drug-likeness (QED) is 0.838. The number of sulfonamides is 1. The molecule has 0 saturated carbocycles. The lowest BCUT2D eigenvalue weighted by molar-refractivity contribution is 0.0730. The van der Waals surface area contributed by atoms with Crippen molar-refractivity contribution in [2.24, 2.45) is 0 Å². The van der Waals surface area contributed by atoms with Crippen LogP contribution in [0.4, 0.5) is 8.78 Å². The van der Waals surface area contributed by atoms with Crippen LogP contribution in [0, 0.1) is 11.6 Å². The van der Waals surface area contributed by atoms with E-state index in [9.17, 15) is 22.0 Å². The molecule has 1 amide bonds.